The number of amides is 1. The van der Waals surface area contributed by atoms with E-state index in [1.807, 2.05) is 26.2 Å². The maximum absolute atomic E-state index is 13.6. The molecule has 4 nitrogen and oxygen atoms in total. The van der Waals surface area contributed by atoms with E-state index in [-0.39, 0.29) is 17.8 Å². The lowest BCUT2D eigenvalue weighted by molar-refractivity contribution is 0.1000. The molecule has 0 saturated heterocycles. The van der Waals surface area contributed by atoms with Crippen molar-refractivity contribution in [3.05, 3.63) is 107 Å². The molecule has 1 aliphatic rings. The number of nitrogens with zero attached hydrogens (tertiary/aromatic N) is 1. The van der Waals surface area contributed by atoms with Crippen molar-refractivity contribution in [3.63, 3.8) is 0 Å². The number of nitrogens with one attached hydrogen (secondary N) is 1. The molecule has 0 bridgehead atoms. The van der Waals surface area contributed by atoms with Crippen molar-refractivity contribution in [2.24, 2.45) is 5.73 Å². The molecule has 0 aliphatic carbocycles. The van der Waals surface area contributed by atoms with Gasteiger partial charge in [0.15, 0.2) is 0 Å². The summed E-state index contributed by atoms with van der Waals surface area (Å²) < 4.78 is 13.6. The predicted molar refractivity (Wildman–Crippen MR) is 123 cm³/mol. The van der Waals surface area contributed by atoms with Crippen molar-refractivity contribution in [1.82, 2.24) is 4.90 Å². The molecule has 0 spiro atoms. The highest BCUT2D eigenvalue weighted by Crippen LogP contribution is 2.49. The van der Waals surface area contributed by atoms with E-state index < -0.39 is 5.91 Å². The van der Waals surface area contributed by atoms with Crippen LogP contribution in [0.1, 0.15) is 44.6 Å². The Morgan fingerprint density at radius 2 is 1.68 bits per heavy atom. The lowest BCUT2D eigenvalue weighted by Crippen LogP contribution is -2.28. The highest BCUT2D eigenvalue weighted by atomic mass is 19.1. The first-order valence-corrected chi connectivity index (χ1v) is 10.2. The summed E-state index contributed by atoms with van der Waals surface area (Å²) in [6.07, 6.45) is 0. The fourth-order valence-corrected chi connectivity index (χ4v) is 4.37. The quantitative estimate of drug-likeness (QED) is 0.620. The van der Waals surface area contributed by atoms with Crippen LogP contribution in [0.3, 0.4) is 0 Å². The summed E-state index contributed by atoms with van der Waals surface area (Å²) >= 11 is 0. The van der Waals surface area contributed by atoms with Crippen LogP contribution in [-0.4, -0.2) is 24.9 Å². The van der Waals surface area contributed by atoms with Crippen molar-refractivity contribution in [2.45, 2.75) is 18.5 Å². The summed E-state index contributed by atoms with van der Waals surface area (Å²) in [5.74, 6) is -0.974. The van der Waals surface area contributed by atoms with Gasteiger partial charge in [0.05, 0.1) is 6.04 Å². The van der Waals surface area contributed by atoms with Crippen LogP contribution >= 0.6 is 0 Å². The Labute approximate surface area is 182 Å². The fraction of sp³-hybridized carbons (Fsp3) is 0.192. The van der Waals surface area contributed by atoms with Crippen LogP contribution in [0, 0.1) is 5.82 Å². The number of primary amides is 1. The van der Waals surface area contributed by atoms with E-state index in [1.54, 1.807) is 18.2 Å². The molecular formula is C26H26FN3O. The van der Waals surface area contributed by atoms with Crippen LogP contribution in [0.15, 0.2) is 73.3 Å². The summed E-state index contributed by atoms with van der Waals surface area (Å²) in [5, 5.41) is 3.59. The third kappa shape index (κ3) is 4.09. The van der Waals surface area contributed by atoms with Gasteiger partial charge in [-0.3, -0.25) is 4.79 Å². The first-order chi connectivity index (χ1) is 14.8. The van der Waals surface area contributed by atoms with E-state index >= 15 is 0 Å². The third-order valence-corrected chi connectivity index (χ3v) is 5.74. The Morgan fingerprint density at radius 3 is 2.29 bits per heavy atom. The molecule has 5 heteroatoms. The van der Waals surface area contributed by atoms with Crippen LogP contribution in [-0.2, 0) is 6.54 Å². The summed E-state index contributed by atoms with van der Waals surface area (Å²) in [6, 6.07) is 20.3. The maximum Gasteiger partial charge on any atom is 0.249 e. The minimum Gasteiger partial charge on any atom is -0.377 e. The van der Waals surface area contributed by atoms with Crippen molar-refractivity contribution < 1.29 is 9.18 Å². The number of benzene rings is 3. The Morgan fingerprint density at radius 1 is 1.03 bits per heavy atom. The number of carbonyl (C=O) groups is 1. The summed E-state index contributed by atoms with van der Waals surface area (Å²) in [7, 11) is 4.08. The van der Waals surface area contributed by atoms with Gasteiger partial charge in [0.1, 0.15) is 5.82 Å². The fourth-order valence-electron chi connectivity index (χ4n) is 4.37. The monoisotopic (exact) mass is 415 g/mol. The van der Waals surface area contributed by atoms with E-state index in [2.05, 4.69) is 41.1 Å². The minimum absolute atomic E-state index is 0.123. The van der Waals surface area contributed by atoms with Gasteiger partial charge in [0.2, 0.25) is 5.91 Å². The van der Waals surface area contributed by atoms with Gasteiger partial charge in [-0.2, -0.15) is 0 Å². The summed E-state index contributed by atoms with van der Waals surface area (Å²) in [4.78, 5) is 14.2. The zero-order valence-corrected chi connectivity index (χ0v) is 17.7. The van der Waals surface area contributed by atoms with Crippen molar-refractivity contribution in [3.8, 4) is 0 Å². The average Bonchev–Trinajstić information content (AvgIpc) is 2.74. The van der Waals surface area contributed by atoms with Crippen LogP contribution < -0.4 is 11.1 Å². The Bertz CT molecular complexity index is 1120. The van der Waals surface area contributed by atoms with Gasteiger partial charge >= 0.3 is 0 Å². The second-order valence-corrected chi connectivity index (χ2v) is 8.25. The van der Waals surface area contributed by atoms with Crippen LogP contribution in [0.2, 0.25) is 0 Å². The van der Waals surface area contributed by atoms with Crippen molar-refractivity contribution in [2.75, 3.05) is 19.4 Å². The number of hydrogen-bond donors (Lipinski definition) is 2. The van der Waals surface area contributed by atoms with E-state index in [0.29, 0.717) is 5.56 Å². The highest BCUT2D eigenvalue weighted by Gasteiger charge is 2.35. The van der Waals surface area contributed by atoms with Crippen LogP contribution in [0.25, 0.3) is 5.57 Å². The first-order valence-electron chi connectivity index (χ1n) is 10.2. The SMILES string of the molecule is C=C1c2c(cccc2C(N)=O)NC(c2ccc(CN(C)C)cc2)C1c1ccc(F)cc1. The van der Waals surface area contributed by atoms with Gasteiger partial charge in [-0.1, -0.05) is 49.0 Å². The Kier molecular flexibility index (Phi) is 5.61. The molecule has 0 aromatic heterocycles. The van der Waals surface area contributed by atoms with Gasteiger partial charge in [0.25, 0.3) is 0 Å². The molecule has 1 aliphatic heterocycles. The topological polar surface area (TPSA) is 58.4 Å². The number of nitrogens with two attached hydrogens (primary N) is 1. The smallest absolute Gasteiger partial charge is 0.249 e. The second-order valence-electron chi connectivity index (χ2n) is 8.25. The van der Waals surface area contributed by atoms with E-state index in [1.165, 1.54) is 17.7 Å². The first kappa shape index (κ1) is 20.8. The second kappa shape index (κ2) is 8.36. The molecule has 3 aromatic carbocycles. The van der Waals surface area contributed by atoms with Crippen LogP contribution in [0.4, 0.5) is 10.1 Å². The van der Waals surface area contributed by atoms with E-state index in [9.17, 15) is 9.18 Å². The lowest BCUT2D eigenvalue weighted by atomic mass is 9.75. The van der Waals surface area contributed by atoms with Gasteiger partial charge in [0, 0.05) is 29.3 Å². The zero-order chi connectivity index (χ0) is 22.1. The standard InChI is InChI=1S/C26H26FN3O/c1-16-23(18-11-13-20(27)14-12-18)25(19-9-7-17(8-10-19)15-30(2)3)29-22-6-4-5-21(24(16)22)26(28)31/h4-14,23,25,29H,1,15H2,2-3H3,(H2,28,31). The Balaban J connectivity index is 1.82. The van der Waals surface area contributed by atoms with Gasteiger partial charge in [-0.05, 0) is 60.6 Å². The molecule has 1 heterocycles. The van der Waals surface area contributed by atoms with Crippen molar-refractivity contribution in [1.29, 1.82) is 0 Å². The molecule has 2 unspecified atom stereocenters. The number of fused-ring (bicyclic) bond motifs is 1. The number of hydrogen-bond acceptors (Lipinski definition) is 3. The number of halogens is 1. The molecule has 2 atom stereocenters. The van der Waals surface area contributed by atoms with E-state index in [4.69, 9.17) is 5.73 Å². The van der Waals surface area contributed by atoms with Crippen LogP contribution in [0.5, 0.6) is 0 Å². The highest BCUT2D eigenvalue weighted by molar-refractivity contribution is 6.02. The average molecular weight is 416 g/mol. The molecule has 31 heavy (non-hydrogen) atoms. The molecule has 0 saturated carbocycles. The van der Waals surface area contributed by atoms with Crippen molar-refractivity contribution >= 4 is 17.2 Å². The Hall–Kier alpha value is -3.44. The number of rotatable bonds is 5. The molecule has 158 valence electrons. The molecular weight excluding hydrogens is 389 g/mol. The number of carbonyl (C=O) groups excluding carboxylic acids is 1. The molecule has 0 fully saturated rings. The molecule has 3 N–H and O–H groups in total. The summed E-state index contributed by atoms with van der Waals surface area (Å²) in [5.41, 5.74) is 11.6. The predicted octanol–water partition coefficient (Wildman–Crippen LogP) is 4.95. The lowest BCUT2D eigenvalue weighted by Gasteiger charge is -2.38. The number of anilines is 1. The van der Waals surface area contributed by atoms with E-state index in [0.717, 1.165) is 34.5 Å². The summed E-state index contributed by atoms with van der Waals surface area (Å²) in [6.45, 7) is 5.22. The molecule has 3 aromatic rings. The molecule has 0 radical (unpaired) electrons. The van der Waals surface area contributed by atoms with Gasteiger partial charge in [-0.25, -0.2) is 4.39 Å². The minimum atomic E-state index is -0.496. The van der Waals surface area contributed by atoms with Gasteiger partial charge in [-0.15, -0.1) is 0 Å². The largest absolute Gasteiger partial charge is 0.377 e. The zero-order valence-electron chi connectivity index (χ0n) is 17.7. The molecule has 1 amide bonds. The van der Waals surface area contributed by atoms with Gasteiger partial charge < -0.3 is 16.0 Å². The third-order valence-electron chi connectivity index (χ3n) is 5.74. The normalized spacial score (nSPS) is 17.9. The maximum atomic E-state index is 13.6. The molecule has 4 rings (SSSR count).